The summed E-state index contributed by atoms with van der Waals surface area (Å²) in [6, 6.07) is 8.33. The number of rotatable bonds is 10. The molecular weight excluding hydrogens is 242 g/mol. The van der Waals surface area contributed by atoms with Crippen LogP contribution in [-0.4, -0.2) is 32.2 Å². The average molecular weight is 267 g/mol. The minimum atomic E-state index is 0.931. The first-order valence-electron chi connectivity index (χ1n) is 6.69. The summed E-state index contributed by atoms with van der Waals surface area (Å²) < 4.78 is 5.14. The molecule has 3 heteroatoms. The van der Waals surface area contributed by atoms with Gasteiger partial charge in [0.1, 0.15) is 5.75 Å². The van der Waals surface area contributed by atoms with E-state index in [-0.39, 0.29) is 0 Å². The quantitative estimate of drug-likeness (QED) is 0.657. The van der Waals surface area contributed by atoms with Crippen LogP contribution in [0.3, 0.4) is 0 Å². The maximum absolute atomic E-state index is 5.14. The first-order valence-corrected chi connectivity index (χ1v) is 8.09. The summed E-state index contributed by atoms with van der Waals surface area (Å²) in [6.07, 6.45) is 7.25. The number of hydrogen-bond donors (Lipinski definition) is 1. The minimum Gasteiger partial charge on any atom is -0.497 e. The fourth-order valence-corrected chi connectivity index (χ4v) is 2.32. The van der Waals surface area contributed by atoms with E-state index >= 15 is 0 Å². The van der Waals surface area contributed by atoms with E-state index in [1.54, 1.807) is 7.11 Å². The van der Waals surface area contributed by atoms with Crippen molar-refractivity contribution in [2.24, 2.45) is 0 Å². The predicted octanol–water partition coefficient (Wildman–Crippen LogP) is 3.36. The highest BCUT2D eigenvalue weighted by Crippen LogP contribution is 2.11. The van der Waals surface area contributed by atoms with Crippen molar-refractivity contribution in [2.45, 2.75) is 25.7 Å². The molecule has 0 fully saturated rings. The molecule has 0 amide bonds. The van der Waals surface area contributed by atoms with Crippen molar-refractivity contribution in [2.75, 3.05) is 32.2 Å². The third-order valence-corrected chi connectivity index (χ3v) is 3.65. The van der Waals surface area contributed by atoms with Crippen LogP contribution >= 0.6 is 11.8 Å². The lowest BCUT2D eigenvalue weighted by Gasteiger charge is -2.06. The lowest BCUT2D eigenvalue weighted by Crippen LogP contribution is -2.18. The molecule has 0 aliphatic heterocycles. The molecule has 102 valence electrons. The third kappa shape index (κ3) is 6.92. The number of ether oxygens (including phenoxy) is 1. The molecule has 1 N–H and O–H groups in total. The summed E-state index contributed by atoms with van der Waals surface area (Å²) in [7, 11) is 1.70. The van der Waals surface area contributed by atoms with Crippen molar-refractivity contribution in [3.8, 4) is 5.75 Å². The van der Waals surface area contributed by atoms with E-state index in [1.807, 2.05) is 23.9 Å². The van der Waals surface area contributed by atoms with Crippen molar-refractivity contribution in [3.05, 3.63) is 29.8 Å². The summed E-state index contributed by atoms with van der Waals surface area (Å²) in [5, 5.41) is 3.50. The number of benzene rings is 1. The fourth-order valence-electron chi connectivity index (χ4n) is 1.82. The van der Waals surface area contributed by atoms with E-state index in [1.165, 1.54) is 30.6 Å². The van der Waals surface area contributed by atoms with Crippen LogP contribution in [0.15, 0.2) is 24.3 Å². The van der Waals surface area contributed by atoms with Crippen LogP contribution in [0.1, 0.15) is 24.8 Å². The summed E-state index contributed by atoms with van der Waals surface area (Å²) in [4.78, 5) is 0. The van der Waals surface area contributed by atoms with Crippen molar-refractivity contribution in [3.63, 3.8) is 0 Å². The Kier molecular flexibility index (Phi) is 8.78. The summed E-state index contributed by atoms with van der Waals surface area (Å²) in [5.74, 6) is 2.23. The topological polar surface area (TPSA) is 21.3 Å². The van der Waals surface area contributed by atoms with Crippen LogP contribution in [0.5, 0.6) is 5.75 Å². The highest BCUT2D eigenvalue weighted by molar-refractivity contribution is 7.98. The lowest BCUT2D eigenvalue weighted by atomic mass is 10.1. The fraction of sp³-hybridized carbons (Fsp3) is 0.600. The van der Waals surface area contributed by atoms with E-state index in [9.17, 15) is 0 Å². The van der Waals surface area contributed by atoms with Crippen LogP contribution in [0.4, 0.5) is 0 Å². The molecule has 1 aromatic rings. The number of methoxy groups -OCH3 is 1. The Morgan fingerprint density at radius 3 is 2.50 bits per heavy atom. The summed E-state index contributed by atoms with van der Waals surface area (Å²) in [6.45, 7) is 2.21. The monoisotopic (exact) mass is 267 g/mol. The second-order valence-corrected chi connectivity index (χ2v) is 5.39. The molecular formula is C15H25NOS. The van der Waals surface area contributed by atoms with Gasteiger partial charge in [-0.15, -0.1) is 0 Å². The second-order valence-electron chi connectivity index (χ2n) is 4.40. The van der Waals surface area contributed by atoms with Crippen LogP contribution in [-0.2, 0) is 6.42 Å². The van der Waals surface area contributed by atoms with Gasteiger partial charge < -0.3 is 10.1 Å². The molecule has 0 radical (unpaired) electrons. The third-order valence-electron chi connectivity index (χ3n) is 2.95. The standard InChI is InChI=1S/C15H25NOS/c1-17-15-8-6-14(7-9-15)10-12-16-11-4-3-5-13-18-2/h6-9,16H,3-5,10-13H2,1-2H3. The average Bonchev–Trinajstić information content (AvgIpc) is 2.42. The second kappa shape index (κ2) is 10.3. The molecule has 0 aliphatic carbocycles. The maximum Gasteiger partial charge on any atom is 0.118 e. The molecule has 2 nitrogen and oxygen atoms in total. The van der Waals surface area contributed by atoms with Gasteiger partial charge in [-0.3, -0.25) is 0 Å². The van der Waals surface area contributed by atoms with E-state index in [0.29, 0.717) is 0 Å². The van der Waals surface area contributed by atoms with Crippen molar-refractivity contribution in [1.82, 2.24) is 5.32 Å². The highest BCUT2D eigenvalue weighted by Gasteiger charge is 1.95. The summed E-state index contributed by atoms with van der Waals surface area (Å²) in [5.41, 5.74) is 1.37. The molecule has 1 aromatic carbocycles. The minimum absolute atomic E-state index is 0.931. The zero-order chi connectivity index (χ0) is 13.1. The summed E-state index contributed by atoms with van der Waals surface area (Å²) >= 11 is 1.94. The van der Waals surface area contributed by atoms with Gasteiger partial charge in [0.2, 0.25) is 0 Å². The molecule has 0 aliphatic rings. The van der Waals surface area contributed by atoms with E-state index in [0.717, 1.165) is 25.3 Å². The van der Waals surface area contributed by atoms with E-state index in [4.69, 9.17) is 4.74 Å². The first-order chi connectivity index (χ1) is 8.86. The number of nitrogens with one attached hydrogen (secondary N) is 1. The SMILES string of the molecule is COc1ccc(CCNCCCCCSC)cc1. The van der Waals surface area contributed by atoms with Crippen LogP contribution in [0.25, 0.3) is 0 Å². The van der Waals surface area contributed by atoms with Gasteiger partial charge in [0.25, 0.3) is 0 Å². The number of hydrogen-bond acceptors (Lipinski definition) is 3. The van der Waals surface area contributed by atoms with Gasteiger partial charge in [0.15, 0.2) is 0 Å². The van der Waals surface area contributed by atoms with Crippen molar-refractivity contribution >= 4 is 11.8 Å². The molecule has 0 saturated carbocycles. The molecule has 18 heavy (non-hydrogen) atoms. The van der Waals surface area contributed by atoms with Crippen LogP contribution in [0, 0.1) is 0 Å². The molecule has 0 atom stereocenters. The normalized spacial score (nSPS) is 10.6. The highest BCUT2D eigenvalue weighted by atomic mass is 32.2. The maximum atomic E-state index is 5.14. The molecule has 0 bridgehead atoms. The van der Waals surface area contributed by atoms with Crippen molar-refractivity contribution in [1.29, 1.82) is 0 Å². The molecule has 0 unspecified atom stereocenters. The van der Waals surface area contributed by atoms with Gasteiger partial charge in [-0.2, -0.15) is 11.8 Å². The molecule has 0 aromatic heterocycles. The van der Waals surface area contributed by atoms with Gasteiger partial charge in [-0.25, -0.2) is 0 Å². The lowest BCUT2D eigenvalue weighted by molar-refractivity contribution is 0.414. The Morgan fingerprint density at radius 2 is 1.83 bits per heavy atom. The van der Waals surface area contributed by atoms with Gasteiger partial charge in [0, 0.05) is 0 Å². The Morgan fingerprint density at radius 1 is 1.06 bits per heavy atom. The van der Waals surface area contributed by atoms with Gasteiger partial charge in [-0.1, -0.05) is 18.6 Å². The van der Waals surface area contributed by atoms with Crippen LogP contribution in [0.2, 0.25) is 0 Å². The molecule has 1 rings (SSSR count). The Labute approximate surface area is 116 Å². The Hall–Kier alpha value is -0.670. The van der Waals surface area contributed by atoms with E-state index in [2.05, 4.69) is 23.7 Å². The Bertz CT molecular complexity index is 300. The van der Waals surface area contributed by atoms with Gasteiger partial charge in [-0.05, 0) is 62.1 Å². The zero-order valence-electron chi connectivity index (χ0n) is 11.6. The number of unbranched alkanes of at least 4 members (excludes halogenated alkanes) is 2. The predicted molar refractivity (Wildman–Crippen MR) is 81.8 cm³/mol. The Balaban J connectivity index is 2.00. The largest absolute Gasteiger partial charge is 0.497 e. The van der Waals surface area contributed by atoms with Crippen molar-refractivity contribution < 1.29 is 4.74 Å². The van der Waals surface area contributed by atoms with Crippen LogP contribution < -0.4 is 10.1 Å². The molecule has 0 spiro atoms. The first kappa shape index (κ1) is 15.4. The van der Waals surface area contributed by atoms with E-state index < -0.39 is 0 Å². The van der Waals surface area contributed by atoms with Gasteiger partial charge >= 0.3 is 0 Å². The zero-order valence-corrected chi connectivity index (χ0v) is 12.4. The van der Waals surface area contributed by atoms with Gasteiger partial charge in [0.05, 0.1) is 7.11 Å². The molecule has 0 saturated heterocycles. The molecule has 0 heterocycles. The number of thioether (sulfide) groups is 1. The smallest absolute Gasteiger partial charge is 0.118 e.